The lowest BCUT2D eigenvalue weighted by Crippen LogP contribution is -2.35. The van der Waals surface area contributed by atoms with Crippen LogP contribution >= 0.6 is 44.2 Å². The molecule has 6 N–H and O–H groups in total. The molecule has 3 saturated heterocycles. The molecule has 4 aromatic heterocycles. The molecule has 0 aliphatic carbocycles. The number of aliphatic hydroxyl groups excluding tert-OH is 1. The topological polar surface area (TPSA) is 238 Å². The normalized spacial score (nSPS) is 34.2. The first-order chi connectivity index (χ1) is 20.3. The molecule has 0 saturated carbocycles. The number of thioether (sulfide) groups is 1. The largest absolute Gasteiger partial charge is 0.387 e. The number of nitrogens with one attached hydrogen (secondary N) is 1. The molecule has 224 valence electrons. The highest BCUT2D eigenvalue weighted by Gasteiger charge is 2.50. The minimum Gasteiger partial charge on any atom is -0.387 e. The smallest absolute Gasteiger partial charge is 0.282 e. The van der Waals surface area contributed by atoms with Gasteiger partial charge in [-0.1, -0.05) is 29.2 Å². The Kier molecular flexibility index (Phi) is 7.66. The van der Waals surface area contributed by atoms with Gasteiger partial charge in [-0.15, -0.1) is 17.7 Å². The number of H-pyrrole nitrogens is 1. The van der Waals surface area contributed by atoms with E-state index in [-0.39, 0.29) is 48.3 Å². The van der Waals surface area contributed by atoms with Crippen molar-refractivity contribution in [3.63, 3.8) is 0 Å². The van der Waals surface area contributed by atoms with Crippen LogP contribution in [0.15, 0.2) is 17.3 Å². The lowest BCUT2D eigenvalue weighted by atomic mass is 9.98. The summed E-state index contributed by atoms with van der Waals surface area (Å²) in [5, 5.41) is 22.8. The third-order valence-electron chi connectivity index (χ3n) is 7.12. The highest BCUT2D eigenvalue weighted by Crippen LogP contribution is 2.54. The fraction of sp³-hybridized carbons (Fsp3) is 0.550. The molecule has 18 nitrogen and oxygen atoms in total. The van der Waals surface area contributed by atoms with E-state index in [1.54, 1.807) is 6.20 Å². The maximum Gasteiger partial charge on any atom is 0.282 e. The molecule has 0 radical (unpaired) electrons. The first-order valence-electron chi connectivity index (χ1n) is 12.5. The van der Waals surface area contributed by atoms with Crippen molar-refractivity contribution in [3.8, 4) is 0 Å². The summed E-state index contributed by atoms with van der Waals surface area (Å²) in [6.07, 6.45) is 0.710. The van der Waals surface area contributed by atoms with Crippen molar-refractivity contribution < 1.29 is 28.4 Å². The van der Waals surface area contributed by atoms with Gasteiger partial charge in [0.1, 0.15) is 29.3 Å². The van der Waals surface area contributed by atoms with Gasteiger partial charge < -0.3 is 39.8 Å². The van der Waals surface area contributed by atoms with Gasteiger partial charge in [0.2, 0.25) is 25.1 Å². The second-order valence-corrected chi connectivity index (χ2v) is 13.2. The van der Waals surface area contributed by atoms with Crippen molar-refractivity contribution in [2.24, 2.45) is 5.92 Å². The van der Waals surface area contributed by atoms with E-state index < -0.39 is 47.9 Å². The van der Waals surface area contributed by atoms with Crippen LogP contribution in [-0.2, 0) is 23.3 Å². The van der Waals surface area contributed by atoms with E-state index in [1.807, 2.05) is 0 Å². The number of rotatable bonds is 2. The van der Waals surface area contributed by atoms with Gasteiger partial charge in [0.25, 0.3) is 5.56 Å². The summed E-state index contributed by atoms with van der Waals surface area (Å²) in [5.41, 5.74) is 10.7. The highest BCUT2D eigenvalue weighted by molar-refractivity contribution is 8.41. The predicted molar refractivity (Wildman–Crippen MR) is 154 cm³/mol. The average Bonchev–Trinajstić information content (AvgIpc) is 3.72. The number of aliphatic hydroxyl groups is 1. The summed E-state index contributed by atoms with van der Waals surface area (Å²) in [4.78, 5) is 27.1. The molecule has 4 aromatic rings. The highest BCUT2D eigenvalue weighted by atomic mass is 32.7. The van der Waals surface area contributed by atoms with Crippen LogP contribution in [0.4, 0.5) is 11.9 Å². The molecule has 2 bridgehead atoms. The molecule has 7 rings (SSSR count). The number of nitrogens with two attached hydrogens (primary N) is 2. The Morgan fingerprint density at radius 2 is 2.07 bits per heavy atom. The second kappa shape index (κ2) is 11.3. The van der Waals surface area contributed by atoms with Gasteiger partial charge in [-0.05, 0) is 6.42 Å². The van der Waals surface area contributed by atoms with Gasteiger partial charge in [-0.3, -0.25) is 9.78 Å². The van der Waals surface area contributed by atoms with Crippen molar-refractivity contribution >= 4 is 72.9 Å². The van der Waals surface area contributed by atoms with Crippen molar-refractivity contribution in [2.75, 3.05) is 24.7 Å². The maximum atomic E-state index is 12.3. The number of hydrogen-bond donors (Lipinski definition) is 6. The zero-order valence-corrected chi connectivity index (χ0v) is 24.8. The monoisotopic (exact) mass is 657 g/mol. The molecule has 0 spiro atoms. The van der Waals surface area contributed by atoms with Crippen LogP contribution < -0.4 is 17.0 Å². The molecule has 0 amide bonds. The van der Waals surface area contributed by atoms with Gasteiger partial charge in [-0.2, -0.15) is 14.6 Å². The zero-order chi connectivity index (χ0) is 29.1. The molecule has 22 heteroatoms. The molecular formula is C20H24N11O7PS3. The first-order valence-corrected chi connectivity index (χ1v) is 16.3. The summed E-state index contributed by atoms with van der Waals surface area (Å²) in [5.74, 6) is -0.0112. The number of fused-ring (bicyclic) bond motifs is 5. The molecule has 42 heavy (non-hydrogen) atoms. The van der Waals surface area contributed by atoms with Crippen molar-refractivity contribution in [3.05, 3.63) is 28.4 Å². The van der Waals surface area contributed by atoms with Crippen molar-refractivity contribution in [1.82, 2.24) is 44.5 Å². The fourth-order valence-electron chi connectivity index (χ4n) is 5.13. The van der Waals surface area contributed by atoms with E-state index in [0.717, 1.165) is 5.56 Å². The van der Waals surface area contributed by atoms with E-state index in [4.69, 9.17) is 34.7 Å². The Balaban J connectivity index is 1.14. The van der Waals surface area contributed by atoms with Crippen LogP contribution in [0.25, 0.3) is 16.8 Å². The first kappa shape index (κ1) is 28.4. The fourth-order valence-corrected chi connectivity index (χ4v) is 8.21. The molecular weight excluding hydrogens is 633 g/mol. The van der Waals surface area contributed by atoms with E-state index in [9.17, 15) is 9.90 Å². The summed E-state index contributed by atoms with van der Waals surface area (Å²) in [7, 11) is -1.83. The van der Waals surface area contributed by atoms with Gasteiger partial charge in [-0.25, -0.2) is 14.6 Å². The summed E-state index contributed by atoms with van der Waals surface area (Å²) >= 11 is 10.2. The van der Waals surface area contributed by atoms with Crippen LogP contribution in [0, 0.1) is 5.92 Å². The number of anilines is 2. The molecule has 3 aliphatic heterocycles. The van der Waals surface area contributed by atoms with Crippen molar-refractivity contribution in [2.45, 2.75) is 47.3 Å². The Bertz CT molecular complexity index is 1680. The van der Waals surface area contributed by atoms with E-state index >= 15 is 0 Å². The lowest BCUT2D eigenvalue weighted by molar-refractivity contribution is -0.132. The average molecular weight is 658 g/mol. The van der Waals surface area contributed by atoms with Gasteiger partial charge >= 0.3 is 0 Å². The third kappa shape index (κ3) is 5.10. The quantitative estimate of drug-likeness (QED) is 0.123. The van der Waals surface area contributed by atoms with Gasteiger partial charge in [0.15, 0.2) is 16.8 Å². The van der Waals surface area contributed by atoms with Crippen LogP contribution in [0.5, 0.6) is 0 Å². The third-order valence-corrected chi connectivity index (χ3v) is 10.2. The number of nitrogens with zero attached hydrogens (tertiary/aromatic N) is 8. The minimum absolute atomic E-state index is 0.0177. The summed E-state index contributed by atoms with van der Waals surface area (Å²) < 4.78 is 33.2. The Labute approximate surface area is 251 Å². The number of aromatic nitrogens is 9. The number of ether oxygens (including phenoxy) is 3. The van der Waals surface area contributed by atoms with Crippen LogP contribution in [0.2, 0.25) is 0 Å². The number of thiol groups is 2. The van der Waals surface area contributed by atoms with E-state index in [1.165, 1.54) is 27.3 Å². The molecule has 3 unspecified atom stereocenters. The summed E-state index contributed by atoms with van der Waals surface area (Å²) in [6, 6.07) is 0. The Hall–Kier alpha value is -2.33. The maximum absolute atomic E-state index is 12.3. The van der Waals surface area contributed by atoms with E-state index in [2.05, 4.69) is 60.2 Å². The number of hydrogen-bond acceptors (Lipinski definition) is 18. The van der Waals surface area contributed by atoms with Crippen LogP contribution in [-0.4, -0.2) is 92.2 Å². The number of nitrogen functional groups attached to an aromatic ring is 2. The Morgan fingerprint density at radius 3 is 2.93 bits per heavy atom. The number of aromatic amines is 1. The Morgan fingerprint density at radius 1 is 1.21 bits per heavy atom. The molecule has 7 heterocycles. The second-order valence-electron chi connectivity index (χ2n) is 9.65. The van der Waals surface area contributed by atoms with Crippen LogP contribution in [0.3, 0.4) is 0 Å². The van der Waals surface area contributed by atoms with Crippen LogP contribution in [0.1, 0.15) is 23.5 Å². The minimum atomic E-state index is -1.83. The standard InChI is InChI=1S/C20H24N11O7PS3/c21-18-26-14-10(15(33)27-18)28-29-30(14)16-12-11(32)17(42-16)37-20(40)34-3-6-1-8(36-9(6)4-35-39(41)38-12)7-2-25-31-13(7)23-5-24-19(31)22/h2,5-6,8-9,11-12,16-17,20,32,40-41H,1,3-4H2,(H2,22,23,24)(H3,21,26,27,33)/t6-,8-,9-,11+,12-,16-,17?,20?,39?/m1/s1. The molecule has 3 fully saturated rings. The SMILES string of the molecule is Nc1nc2c(nnn2[C@@H]2SC3OC(S)OC[C@H]4C[C@H](c5cnn6c(N)ncnc56)O[C@@H]4COP(S)O[C@@H]2[C@@H]3O)c(=O)[nH]1. The molecule has 9 atom stereocenters. The molecule has 0 aromatic carbocycles. The molecule has 3 aliphatic rings. The van der Waals surface area contributed by atoms with Gasteiger partial charge in [0.05, 0.1) is 31.6 Å². The van der Waals surface area contributed by atoms with E-state index in [0.29, 0.717) is 12.1 Å². The van der Waals surface area contributed by atoms with Crippen molar-refractivity contribution in [1.29, 1.82) is 0 Å². The summed E-state index contributed by atoms with van der Waals surface area (Å²) in [6.45, 7) is 0.346. The lowest BCUT2D eigenvalue weighted by Gasteiger charge is -2.25. The predicted octanol–water partition coefficient (Wildman–Crippen LogP) is 0.0142. The zero-order valence-electron chi connectivity index (χ0n) is 21.3. The van der Waals surface area contributed by atoms with Gasteiger partial charge in [0, 0.05) is 11.5 Å².